The van der Waals surface area contributed by atoms with Crippen molar-refractivity contribution in [2.75, 3.05) is 19.7 Å². The van der Waals surface area contributed by atoms with E-state index in [0.29, 0.717) is 47.7 Å². The zero-order valence-corrected chi connectivity index (χ0v) is 17.1. The van der Waals surface area contributed by atoms with E-state index >= 15 is 0 Å². The molecule has 1 aromatic heterocycles. The number of hydrogen-bond donors (Lipinski definition) is 2. The highest BCUT2D eigenvalue weighted by atomic mass is 19.4. The summed E-state index contributed by atoms with van der Waals surface area (Å²) in [6, 6.07) is 7.56. The van der Waals surface area contributed by atoms with Crippen LogP contribution in [0.2, 0.25) is 0 Å². The largest absolute Gasteiger partial charge is 0.478 e. The third-order valence-corrected chi connectivity index (χ3v) is 5.71. The van der Waals surface area contributed by atoms with Crippen LogP contribution in [0.1, 0.15) is 44.5 Å². The van der Waals surface area contributed by atoms with Crippen molar-refractivity contribution in [1.29, 1.82) is 0 Å². The number of imidazole rings is 1. The highest BCUT2D eigenvalue weighted by molar-refractivity contribution is 6.03. The Kier molecular flexibility index (Phi) is 5.49. The van der Waals surface area contributed by atoms with Crippen LogP contribution >= 0.6 is 0 Å². The standard InChI is InChI=1S/C22H22F3N3O3/c1-12-14(4-3-5-16(12)22(23,24)25)11-28-13(2)27-20-17(28)7-6-15(19(20)21(29)30)18-10-26-8-9-31-18/h3-7,18,26H,8-11H2,1-2H3,(H,29,30). The summed E-state index contributed by atoms with van der Waals surface area (Å²) in [5.74, 6) is -0.594. The molecule has 1 saturated heterocycles. The SMILES string of the molecule is Cc1c(Cn2c(C)nc3c(C(=O)O)c(C4CNCCO4)ccc32)cccc1C(F)(F)F. The molecule has 0 amide bonds. The lowest BCUT2D eigenvalue weighted by Gasteiger charge is -2.25. The van der Waals surface area contributed by atoms with Crippen molar-refractivity contribution in [3.63, 3.8) is 0 Å². The predicted octanol–water partition coefficient (Wildman–Crippen LogP) is 4.08. The van der Waals surface area contributed by atoms with Crippen LogP contribution in [0, 0.1) is 13.8 Å². The van der Waals surface area contributed by atoms with Gasteiger partial charge in [0.1, 0.15) is 11.3 Å². The van der Waals surface area contributed by atoms with Crippen molar-refractivity contribution in [2.24, 2.45) is 0 Å². The molecule has 0 radical (unpaired) electrons. The number of aryl methyl sites for hydroxylation is 1. The van der Waals surface area contributed by atoms with Crippen molar-refractivity contribution in [1.82, 2.24) is 14.9 Å². The molecule has 0 aliphatic carbocycles. The van der Waals surface area contributed by atoms with Crippen molar-refractivity contribution < 1.29 is 27.8 Å². The van der Waals surface area contributed by atoms with E-state index in [1.165, 1.54) is 13.0 Å². The van der Waals surface area contributed by atoms with Gasteiger partial charge >= 0.3 is 12.1 Å². The zero-order chi connectivity index (χ0) is 22.3. The molecular formula is C22H22F3N3O3. The summed E-state index contributed by atoms with van der Waals surface area (Å²) in [7, 11) is 0. The summed E-state index contributed by atoms with van der Waals surface area (Å²) in [5.41, 5.74) is 1.43. The highest BCUT2D eigenvalue weighted by Crippen LogP contribution is 2.34. The molecular weight excluding hydrogens is 411 g/mol. The van der Waals surface area contributed by atoms with Crippen molar-refractivity contribution in [3.8, 4) is 0 Å². The van der Waals surface area contributed by atoms with Gasteiger partial charge in [-0.1, -0.05) is 18.2 Å². The number of nitrogens with one attached hydrogen (secondary N) is 1. The number of rotatable bonds is 4. The van der Waals surface area contributed by atoms with Crippen LogP contribution in [0.15, 0.2) is 30.3 Å². The molecule has 0 saturated carbocycles. The molecule has 9 heteroatoms. The number of hydrogen-bond acceptors (Lipinski definition) is 4. The van der Waals surface area contributed by atoms with Gasteiger partial charge in [-0.05, 0) is 42.7 Å². The average Bonchev–Trinajstić information content (AvgIpc) is 3.03. The van der Waals surface area contributed by atoms with E-state index in [-0.39, 0.29) is 17.7 Å². The summed E-state index contributed by atoms with van der Waals surface area (Å²) in [6.45, 7) is 4.98. The topological polar surface area (TPSA) is 76.4 Å². The van der Waals surface area contributed by atoms with Crippen molar-refractivity contribution >= 4 is 17.0 Å². The molecule has 2 aromatic carbocycles. The van der Waals surface area contributed by atoms with Gasteiger partial charge in [0.05, 0.1) is 29.4 Å². The van der Waals surface area contributed by atoms with E-state index < -0.39 is 23.8 Å². The van der Waals surface area contributed by atoms with Crippen LogP contribution in [-0.4, -0.2) is 40.3 Å². The molecule has 2 heterocycles. The van der Waals surface area contributed by atoms with Gasteiger partial charge in [-0.2, -0.15) is 13.2 Å². The lowest BCUT2D eigenvalue weighted by Crippen LogP contribution is -2.34. The van der Waals surface area contributed by atoms with E-state index in [1.807, 2.05) is 0 Å². The second kappa shape index (κ2) is 7.97. The average molecular weight is 433 g/mol. The Morgan fingerprint density at radius 3 is 2.71 bits per heavy atom. The number of aromatic nitrogens is 2. The maximum Gasteiger partial charge on any atom is 0.416 e. The molecule has 31 heavy (non-hydrogen) atoms. The number of halogens is 3. The zero-order valence-electron chi connectivity index (χ0n) is 17.1. The Labute approximate surface area is 176 Å². The van der Waals surface area contributed by atoms with E-state index in [1.54, 1.807) is 29.7 Å². The first kappa shape index (κ1) is 21.3. The summed E-state index contributed by atoms with van der Waals surface area (Å²) < 4.78 is 47.4. The lowest BCUT2D eigenvalue weighted by molar-refractivity contribution is -0.138. The molecule has 164 valence electrons. The minimum absolute atomic E-state index is 0.0637. The molecule has 4 rings (SSSR count). The van der Waals surface area contributed by atoms with Crippen LogP contribution in [-0.2, 0) is 17.5 Å². The normalized spacial score (nSPS) is 17.3. The third-order valence-electron chi connectivity index (χ3n) is 5.71. The monoisotopic (exact) mass is 433 g/mol. The van der Waals surface area contributed by atoms with Crippen LogP contribution in [0.4, 0.5) is 13.2 Å². The molecule has 1 fully saturated rings. The van der Waals surface area contributed by atoms with E-state index in [2.05, 4.69) is 10.3 Å². The maximum absolute atomic E-state index is 13.3. The molecule has 3 aromatic rings. The van der Waals surface area contributed by atoms with Crippen LogP contribution in [0.25, 0.3) is 11.0 Å². The molecule has 1 unspecified atom stereocenters. The molecule has 1 atom stereocenters. The van der Waals surface area contributed by atoms with Crippen LogP contribution in [0.5, 0.6) is 0 Å². The minimum Gasteiger partial charge on any atom is -0.478 e. The number of aromatic carboxylic acids is 1. The molecule has 1 aliphatic heterocycles. The first-order chi connectivity index (χ1) is 14.7. The number of morpholine rings is 1. The van der Waals surface area contributed by atoms with E-state index in [4.69, 9.17) is 4.74 Å². The Morgan fingerprint density at radius 1 is 1.29 bits per heavy atom. The van der Waals surface area contributed by atoms with Crippen LogP contribution in [0.3, 0.4) is 0 Å². The fraction of sp³-hybridized carbons (Fsp3) is 0.364. The predicted molar refractivity (Wildman–Crippen MR) is 108 cm³/mol. The summed E-state index contributed by atoms with van der Waals surface area (Å²) in [5, 5.41) is 13.1. The number of carbonyl (C=O) groups is 1. The Balaban J connectivity index is 1.81. The van der Waals surface area contributed by atoms with Gasteiger partial charge in [-0.15, -0.1) is 0 Å². The number of ether oxygens (including phenoxy) is 1. The van der Waals surface area contributed by atoms with Gasteiger partial charge in [-0.25, -0.2) is 9.78 Å². The molecule has 1 aliphatic rings. The lowest BCUT2D eigenvalue weighted by atomic mass is 9.99. The smallest absolute Gasteiger partial charge is 0.416 e. The van der Waals surface area contributed by atoms with Gasteiger partial charge in [0.25, 0.3) is 0 Å². The van der Waals surface area contributed by atoms with Gasteiger partial charge in [0, 0.05) is 19.6 Å². The van der Waals surface area contributed by atoms with E-state index in [0.717, 1.165) is 6.07 Å². The second-order valence-electron chi connectivity index (χ2n) is 7.60. The summed E-state index contributed by atoms with van der Waals surface area (Å²) in [4.78, 5) is 16.6. The van der Waals surface area contributed by atoms with Gasteiger partial charge in [0.2, 0.25) is 0 Å². The maximum atomic E-state index is 13.3. The fourth-order valence-electron chi connectivity index (χ4n) is 4.11. The van der Waals surface area contributed by atoms with E-state index in [9.17, 15) is 23.1 Å². The van der Waals surface area contributed by atoms with Gasteiger partial charge in [-0.3, -0.25) is 0 Å². The Hall–Kier alpha value is -2.91. The molecule has 0 spiro atoms. The number of carboxylic acid groups (broad SMARTS) is 1. The molecule has 0 bridgehead atoms. The van der Waals surface area contributed by atoms with Crippen molar-refractivity contribution in [3.05, 3.63) is 64.0 Å². The quantitative estimate of drug-likeness (QED) is 0.649. The first-order valence-corrected chi connectivity index (χ1v) is 9.89. The number of benzene rings is 2. The Morgan fingerprint density at radius 2 is 2.06 bits per heavy atom. The number of carboxylic acids is 1. The number of fused-ring (bicyclic) bond motifs is 1. The van der Waals surface area contributed by atoms with Gasteiger partial charge in [0.15, 0.2) is 0 Å². The third kappa shape index (κ3) is 3.90. The Bertz CT molecular complexity index is 1150. The first-order valence-electron chi connectivity index (χ1n) is 9.89. The number of nitrogens with zero attached hydrogens (tertiary/aromatic N) is 2. The van der Waals surface area contributed by atoms with Crippen molar-refractivity contribution in [2.45, 2.75) is 32.7 Å². The summed E-state index contributed by atoms with van der Waals surface area (Å²) >= 11 is 0. The molecule has 2 N–H and O–H groups in total. The molecule has 6 nitrogen and oxygen atoms in total. The highest BCUT2D eigenvalue weighted by Gasteiger charge is 2.33. The van der Waals surface area contributed by atoms with Gasteiger partial charge < -0.3 is 19.7 Å². The summed E-state index contributed by atoms with van der Waals surface area (Å²) in [6.07, 6.45) is -4.84. The number of alkyl halides is 3. The van der Waals surface area contributed by atoms with Crippen LogP contribution < -0.4 is 5.32 Å². The second-order valence-corrected chi connectivity index (χ2v) is 7.60. The fourth-order valence-corrected chi connectivity index (χ4v) is 4.11. The minimum atomic E-state index is -4.44.